The molecule has 1 aromatic rings. The molecule has 1 amide bonds. The van der Waals surface area contributed by atoms with Crippen molar-refractivity contribution in [1.29, 1.82) is 0 Å². The summed E-state index contributed by atoms with van der Waals surface area (Å²) >= 11 is 0. The zero-order valence-electron chi connectivity index (χ0n) is 10.2. The quantitative estimate of drug-likeness (QED) is 0.834. The Balaban J connectivity index is 2.04. The van der Waals surface area contributed by atoms with Gasteiger partial charge in [0.25, 0.3) is 0 Å². The minimum Gasteiger partial charge on any atom is -0.337 e. The van der Waals surface area contributed by atoms with Gasteiger partial charge in [0, 0.05) is 25.5 Å². The molecule has 4 heteroatoms. The van der Waals surface area contributed by atoms with Crippen LogP contribution in [0.2, 0.25) is 0 Å². The summed E-state index contributed by atoms with van der Waals surface area (Å²) in [5.74, 6) is 0.196. The monoisotopic (exact) mass is 233 g/mol. The predicted molar refractivity (Wildman–Crippen MR) is 66.4 cm³/mol. The third kappa shape index (κ3) is 3.27. The Labute approximate surface area is 102 Å². The molecule has 1 unspecified atom stereocenters. The number of hydrogen-bond donors (Lipinski definition) is 1. The Kier molecular flexibility index (Phi) is 4.09. The Morgan fingerprint density at radius 3 is 2.94 bits per heavy atom. The molecule has 1 aromatic heterocycles. The van der Waals surface area contributed by atoms with Crippen LogP contribution in [-0.2, 0) is 11.3 Å². The lowest BCUT2D eigenvalue weighted by Gasteiger charge is -2.28. The second-order valence-corrected chi connectivity index (χ2v) is 4.50. The summed E-state index contributed by atoms with van der Waals surface area (Å²) in [6.45, 7) is 4.42. The van der Waals surface area contributed by atoms with E-state index in [2.05, 4.69) is 10.3 Å². The number of pyridine rings is 1. The van der Waals surface area contributed by atoms with Crippen molar-refractivity contribution in [3.8, 4) is 0 Å². The number of rotatable bonds is 2. The molecule has 1 fully saturated rings. The largest absolute Gasteiger partial charge is 0.337 e. The molecule has 17 heavy (non-hydrogen) atoms. The summed E-state index contributed by atoms with van der Waals surface area (Å²) in [6.07, 6.45) is 5.73. The van der Waals surface area contributed by atoms with Gasteiger partial charge in [0.1, 0.15) is 0 Å². The zero-order valence-corrected chi connectivity index (χ0v) is 10.2. The number of nitrogens with zero attached hydrogens (tertiary/aromatic N) is 2. The van der Waals surface area contributed by atoms with Crippen molar-refractivity contribution in [2.75, 3.05) is 13.1 Å². The number of nitrogens with one attached hydrogen (secondary N) is 1. The van der Waals surface area contributed by atoms with Gasteiger partial charge in [-0.05, 0) is 44.0 Å². The van der Waals surface area contributed by atoms with Crippen LogP contribution in [0.5, 0.6) is 0 Å². The van der Waals surface area contributed by atoms with Crippen molar-refractivity contribution < 1.29 is 4.79 Å². The van der Waals surface area contributed by atoms with E-state index in [1.165, 1.54) is 0 Å². The van der Waals surface area contributed by atoms with E-state index in [0.717, 1.165) is 31.5 Å². The van der Waals surface area contributed by atoms with Crippen molar-refractivity contribution in [1.82, 2.24) is 15.2 Å². The van der Waals surface area contributed by atoms with Gasteiger partial charge < -0.3 is 10.2 Å². The van der Waals surface area contributed by atoms with Crippen LogP contribution in [0, 0.1) is 0 Å². The van der Waals surface area contributed by atoms with Crippen molar-refractivity contribution in [2.45, 2.75) is 32.4 Å². The van der Waals surface area contributed by atoms with E-state index in [1.54, 1.807) is 12.4 Å². The van der Waals surface area contributed by atoms with E-state index >= 15 is 0 Å². The van der Waals surface area contributed by atoms with Crippen LogP contribution in [-0.4, -0.2) is 34.9 Å². The number of carbonyl (C=O) groups excluding carboxylic acids is 1. The molecule has 0 spiro atoms. The molecule has 0 bridgehead atoms. The molecule has 0 aromatic carbocycles. The highest BCUT2D eigenvalue weighted by molar-refractivity contribution is 5.81. The Bertz CT molecular complexity index is 366. The average Bonchev–Trinajstić information content (AvgIpc) is 2.36. The topological polar surface area (TPSA) is 45.2 Å². The van der Waals surface area contributed by atoms with Crippen LogP contribution in [0.1, 0.15) is 25.3 Å². The molecule has 1 atom stereocenters. The van der Waals surface area contributed by atoms with Crippen LogP contribution in [0.3, 0.4) is 0 Å². The van der Waals surface area contributed by atoms with Gasteiger partial charge >= 0.3 is 0 Å². The zero-order chi connectivity index (χ0) is 12.1. The van der Waals surface area contributed by atoms with Crippen LogP contribution in [0.15, 0.2) is 24.5 Å². The lowest BCUT2D eigenvalue weighted by molar-refractivity contribution is -0.134. The maximum absolute atomic E-state index is 12.2. The highest BCUT2D eigenvalue weighted by Gasteiger charge is 2.21. The molecule has 2 rings (SSSR count). The summed E-state index contributed by atoms with van der Waals surface area (Å²) in [5, 5.41) is 3.25. The van der Waals surface area contributed by atoms with Gasteiger partial charge in [0.05, 0.1) is 6.04 Å². The molecule has 1 aliphatic heterocycles. The highest BCUT2D eigenvalue weighted by Crippen LogP contribution is 2.09. The van der Waals surface area contributed by atoms with Gasteiger partial charge in [-0.1, -0.05) is 0 Å². The second kappa shape index (κ2) is 5.77. The number of carbonyl (C=O) groups is 1. The van der Waals surface area contributed by atoms with Gasteiger partial charge in [0.2, 0.25) is 5.91 Å². The van der Waals surface area contributed by atoms with Crippen LogP contribution < -0.4 is 5.32 Å². The molecule has 1 aliphatic rings. The molecular weight excluding hydrogens is 214 g/mol. The van der Waals surface area contributed by atoms with Gasteiger partial charge in [-0.15, -0.1) is 0 Å². The summed E-state index contributed by atoms with van der Waals surface area (Å²) in [7, 11) is 0. The first kappa shape index (κ1) is 12.0. The summed E-state index contributed by atoms with van der Waals surface area (Å²) < 4.78 is 0. The molecular formula is C13H19N3O. The molecule has 0 radical (unpaired) electrons. The lowest BCUT2D eigenvalue weighted by Crippen LogP contribution is -2.47. The fourth-order valence-corrected chi connectivity index (χ4v) is 2.08. The number of aromatic nitrogens is 1. The maximum atomic E-state index is 12.2. The maximum Gasteiger partial charge on any atom is 0.239 e. The van der Waals surface area contributed by atoms with Crippen LogP contribution in [0.4, 0.5) is 0 Å². The fourth-order valence-electron chi connectivity index (χ4n) is 2.08. The normalized spacial score (nSPS) is 22.1. The minimum absolute atomic E-state index is 0.0721. The van der Waals surface area contributed by atoms with Gasteiger partial charge in [-0.3, -0.25) is 9.78 Å². The number of hydrogen-bond acceptors (Lipinski definition) is 3. The molecule has 0 aliphatic carbocycles. The first-order valence-electron chi connectivity index (χ1n) is 6.18. The van der Waals surface area contributed by atoms with Crippen molar-refractivity contribution >= 4 is 5.91 Å². The molecule has 0 saturated carbocycles. The first-order chi connectivity index (χ1) is 8.27. The molecule has 92 valence electrons. The Morgan fingerprint density at radius 2 is 2.18 bits per heavy atom. The van der Waals surface area contributed by atoms with E-state index in [-0.39, 0.29) is 11.9 Å². The number of amides is 1. The van der Waals surface area contributed by atoms with Gasteiger partial charge in [0.15, 0.2) is 0 Å². The van der Waals surface area contributed by atoms with Crippen molar-refractivity contribution in [3.63, 3.8) is 0 Å². The fraction of sp³-hybridized carbons (Fsp3) is 0.538. The van der Waals surface area contributed by atoms with Gasteiger partial charge in [-0.25, -0.2) is 0 Å². The van der Waals surface area contributed by atoms with Crippen molar-refractivity contribution in [2.24, 2.45) is 0 Å². The summed E-state index contributed by atoms with van der Waals surface area (Å²) in [6, 6.07) is 3.85. The summed E-state index contributed by atoms with van der Waals surface area (Å²) in [5.41, 5.74) is 1.14. The van der Waals surface area contributed by atoms with E-state index < -0.39 is 0 Å². The summed E-state index contributed by atoms with van der Waals surface area (Å²) in [4.78, 5) is 18.1. The molecule has 1 saturated heterocycles. The van der Waals surface area contributed by atoms with E-state index in [1.807, 2.05) is 24.0 Å². The Hall–Kier alpha value is -1.42. The highest BCUT2D eigenvalue weighted by atomic mass is 16.2. The average molecular weight is 233 g/mol. The second-order valence-electron chi connectivity index (χ2n) is 4.50. The Morgan fingerprint density at radius 1 is 1.41 bits per heavy atom. The van der Waals surface area contributed by atoms with Crippen LogP contribution >= 0.6 is 0 Å². The standard InChI is InChI=1S/C13H19N3O/c1-11-13(17)16(9-3-2-6-15-11)10-12-4-7-14-8-5-12/h4-5,7-8,11,15H,2-3,6,9-10H2,1H3. The SMILES string of the molecule is CC1NCCCCN(Cc2ccncc2)C1=O. The van der Waals surface area contributed by atoms with Gasteiger partial charge in [-0.2, -0.15) is 0 Å². The lowest BCUT2D eigenvalue weighted by atomic mass is 10.1. The third-order valence-electron chi connectivity index (χ3n) is 3.11. The molecule has 2 heterocycles. The van der Waals surface area contributed by atoms with E-state index in [4.69, 9.17) is 0 Å². The van der Waals surface area contributed by atoms with Crippen LogP contribution in [0.25, 0.3) is 0 Å². The predicted octanol–water partition coefficient (Wildman–Crippen LogP) is 1.18. The van der Waals surface area contributed by atoms with E-state index in [9.17, 15) is 4.79 Å². The molecule has 1 N–H and O–H groups in total. The third-order valence-corrected chi connectivity index (χ3v) is 3.11. The first-order valence-corrected chi connectivity index (χ1v) is 6.18. The minimum atomic E-state index is -0.0721. The molecule has 4 nitrogen and oxygen atoms in total. The smallest absolute Gasteiger partial charge is 0.239 e. The van der Waals surface area contributed by atoms with Crippen molar-refractivity contribution in [3.05, 3.63) is 30.1 Å². The van der Waals surface area contributed by atoms with E-state index in [0.29, 0.717) is 6.54 Å².